The molecule has 0 bridgehead atoms. The molecule has 3 nitrogen and oxygen atoms in total. The van der Waals surface area contributed by atoms with Crippen molar-refractivity contribution in [2.24, 2.45) is 0 Å². The fourth-order valence-electron chi connectivity index (χ4n) is 2.51. The number of nitrogens with zero attached hydrogens (tertiary/aromatic N) is 1. The lowest BCUT2D eigenvalue weighted by molar-refractivity contribution is -0.686. The van der Waals surface area contributed by atoms with Crippen molar-refractivity contribution < 1.29 is 31.1 Å². The van der Waals surface area contributed by atoms with Crippen LogP contribution in [0.15, 0.2) is 30.6 Å². The third-order valence-electron chi connectivity index (χ3n) is 3.85. The number of carbonyl (C=O) groups excluding carboxylic acids is 1. The Kier molecular flexibility index (Phi) is 15.4. The van der Waals surface area contributed by atoms with Crippen LogP contribution in [0, 0.1) is 0 Å². The first-order valence-corrected chi connectivity index (χ1v) is 8.92. The van der Waals surface area contributed by atoms with Gasteiger partial charge in [-0.25, -0.2) is 4.79 Å². The molecule has 1 aromatic rings. The smallest absolute Gasteiger partial charge is 0.372 e. The number of hydrogen-bond acceptors (Lipinski definition) is 2. The Morgan fingerprint density at radius 1 is 0.826 bits per heavy atom. The molecule has 0 aliphatic rings. The molecule has 4 heteroatoms. The van der Waals surface area contributed by atoms with Crippen molar-refractivity contribution in [3.05, 3.63) is 30.6 Å². The molecule has 0 unspecified atom stereocenters. The molecule has 1 aromatic heterocycles. The maximum absolute atomic E-state index is 11.6. The molecular weight excluding hydrogens is 354 g/mol. The van der Waals surface area contributed by atoms with Crippen LogP contribution in [0.1, 0.15) is 71.1 Å². The number of esters is 1. The number of unbranched alkanes of at least 4 members (excludes halogenated alkanes) is 9. The minimum Gasteiger partial charge on any atom is -1.00 e. The van der Waals surface area contributed by atoms with E-state index in [-0.39, 0.29) is 23.0 Å². The third-order valence-corrected chi connectivity index (χ3v) is 3.85. The van der Waals surface area contributed by atoms with Crippen LogP contribution in [0.5, 0.6) is 0 Å². The Morgan fingerprint density at radius 2 is 1.35 bits per heavy atom. The van der Waals surface area contributed by atoms with E-state index in [1.165, 1.54) is 57.8 Å². The van der Waals surface area contributed by atoms with E-state index >= 15 is 0 Å². The Hall–Kier alpha value is -0.900. The normalized spacial score (nSPS) is 10.1. The van der Waals surface area contributed by atoms with Crippen LogP contribution >= 0.6 is 0 Å². The van der Waals surface area contributed by atoms with Gasteiger partial charge in [0.2, 0.25) is 6.54 Å². The summed E-state index contributed by atoms with van der Waals surface area (Å²) in [7, 11) is 0. The average Bonchev–Trinajstić information content (AvgIpc) is 2.53. The van der Waals surface area contributed by atoms with E-state index in [2.05, 4.69) is 6.92 Å². The Bertz CT molecular complexity index is 384. The number of aromatic nitrogens is 1. The molecule has 132 valence electrons. The summed E-state index contributed by atoms with van der Waals surface area (Å²) < 4.78 is 7.09. The van der Waals surface area contributed by atoms with Crippen LogP contribution in [0.3, 0.4) is 0 Å². The monoisotopic (exact) mass is 385 g/mol. The maximum atomic E-state index is 11.6. The highest BCUT2D eigenvalue weighted by molar-refractivity contribution is 5.67. The summed E-state index contributed by atoms with van der Waals surface area (Å²) in [5.41, 5.74) is 0. The van der Waals surface area contributed by atoms with Crippen LogP contribution < -0.4 is 21.5 Å². The van der Waals surface area contributed by atoms with Gasteiger partial charge in [0.25, 0.3) is 0 Å². The summed E-state index contributed by atoms with van der Waals surface area (Å²) in [5.74, 6) is -0.146. The fourth-order valence-corrected chi connectivity index (χ4v) is 2.51. The van der Waals surface area contributed by atoms with E-state index in [1.807, 2.05) is 35.2 Å². The molecule has 0 fully saturated rings. The molecule has 0 amide bonds. The highest BCUT2D eigenvalue weighted by Crippen LogP contribution is 2.10. The predicted octanol–water partition coefficient (Wildman–Crippen LogP) is 1.44. The van der Waals surface area contributed by atoms with Gasteiger partial charge in [-0.15, -0.1) is 0 Å². The number of ether oxygens (including phenoxy) is 1. The first-order chi connectivity index (χ1) is 10.8. The number of rotatable bonds is 13. The van der Waals surface area contributed by atoms with Crippen molar-refractivity contribution in [1.82, 2.24) is 0 Å². The third kappa shape index (κ3) is 13.3. The molecule has 0 atom stereocenters. The molecule has 0 spiro atoms. The molecule has 0 saturated heterocycles. The summed E-state index contributed by atoms with van der Waals surface area (Å²) in [6, 6.07) is 5.76. The van der Waals surface area contributed by atoms with Gasteiger partial charge >= 0.3 is 5.97 Å². The minimum atomic E-state index is -0.146. The van der Waals surface area contributed by atoms with E-state index in [0.717, 1.165) is 6.42 Å². The van der Waals surface area contributed by atoms with E-state index in [4.69, 9.17) is 4.74 Å². The van der Waals surface area contributed by atoms with Gasteiger partial charge in [-0.3, -0.25) is 0 Å². The second-order valence-electron chi connectivity index (χ2n) is 5.95. The molecule has 23 heavy (non-hydrogen) atoms. The van der Waals surface area contributed by atoms with Crippen LogP contribution in [-0.4, -0.2) is 12.6 Å². The lowest BCUT2D eigenvalue weighted by Gasteiger charge is -2.04. The standard InChI is InChI=1S/C19H32NO2.BrH/c1-2-3-4-5-6-7-8-9-10-14-17-22-19(21)18-20-15-12-11-13-16-20;/h11-13,15-16H,2-10,14,17-18H2,1H3;1H/q+1;/p-1. The van der Waals surface area contributed by atoms with Gasteiger partial charge in [-0.2, -0.15) is 4.57 Å². The quantitative estimate of drug-likeness (QED) is 0.292. The van der Waals surface area contributed by atoms with Crippen molar-refractivity contribution in [2.75, 3.05) is 6.61 Å². The number of hydrogen-bond donors (Lipinski definition) is 0. The molecule has 0 aliphatic heterocycles. The lowest BCUT2D eigenvalue weighted by atomic mass is 10.1. The van der Waals surface area contributed by atoms with Gasteiger partial charge in [0, 0.05) is 12.1 Å². The second-order valence-corrected chi connectivity index (χ2v) is 5.95. The summed E-state index contributed by atoms with van der Waals surface area (Å²) in [5, 5.41) is 0. The van der Waals surface area contributed by atoms with Gasteiger partial charge < -0.3 is 21.7 Å². The van der Waals surface area contributed by atoms with Gasteiger partial charge in [-0.05, 0) is 6.42 Å². The minimum absolute atomic E-state index is 0. The van der Waals surface area contributed by atoms with Crippen molar-refractivity contribution >= 4 is 5.97 Å². The summed E-state index contributed by atoms with van der Waals surface area (Å²) in [6.07, 6.45) is 16.7. The average molecular weight is 386 g/mol. The molecule has 0 aliphatic carbocycles. The molecule has 1 rings (SSSR count). The number of halogens is 1. The molecule has 0 radical (unpaired) electrons. The highest BCUT2D eigenvalue weighted by Gasteiger charge is 2.09. The summed E-state index contributed by atoms with van der Waals surface area (Å²) in [6.45, 7) is 3.12. The SMILES string of the molecule is CCCCCCCCCCCCOC(=O)C[n+]1ccccc1.[Br-]. The van der Waals surface area contributed by atoms with Crippen molar-refractivity contribution in [3.8, 4) is 0 Å². The van der Waals surface area contributed by atoms with E-state index < -0.39 is 0 Å². The van der Waals surface area contributed by atoms with Gasteiger partial charge in [0.1, 0.15) is 0 Å². The van der Waals surface area contributed by atoms with Crippen molar-refractivity contribution in [2.45, 2.75) is 77.7 Å². The largest absolute Gasteiger partial charge is 1.00 e. The molecule has 0 saturated carbocycles. The van der Waals surface area contributed by atoms with E-state index in [1.54, 1.807) is 0 Å². The van der Waals surface area contributed by atoms with Gasteiger partial charge in [-0.1, -0.05) is 70.8 Å². The summed E-state index contributed by atoms with van der Waals surface area (Å²) >= 11 is 0. The summed E-state index contributed by atoms with van der Waals surface area (Å²) in [4.78, 5) is 11.6. The molecule has 0 N–H and O–H groups in total. The second kappa shape index (κ2) is 16.0. The molecule has 1 heterocycles. The predicted molar refractivity (Wildman–Crippen MR) is 89.4 cm³/mol. The van der Waals surface area contributed by atoms with Crippen LogP contribution in [0.4, 0.5) is 0 Å². The zero-order valence-corrected chi connectivity index (χ0v) is 16.1. The van der Waals surface area contributed by atoms with Gasteiger partial charge in [0.05, 0.1) is 6.61 Å². The first-order valence-electron chi connectivity index (χ1n) is 8.92. The fraction of sp³-hybridized carbons (Fsp3) is 0.684. The van der Waals surface area contributed by atoms with Crippen molar-refractivity contribution in [3.63, 3.8) is 0 Å². The Morgan fingerprint density at radius 3 is 1.91 bits per heavy atom. The lowest BCUT2D eigenvalue weighted by Crippen LogP contribution is -3.00. The topological polar surface area (TPSA) is 30.2 Å². The first kappa shape index (κ1) is 22.1. The van der Waals surface area contributed by atoms with Gasteiger partial charge in [0.15, 0.2) is 12.4 Å². The Balaban J connectivity index is 0.00000484. The maximum Gasteiger partial charge on any atom is 0.372 e. The van der Waals surface area contributed by atoms with Crippen LogP contribution in [-0.2, 0) is 16.1 Å². The highest BCUT2D eigenvalue weighted by atomic mass is 79.9. The van der Waals surface area contributed by atoms with E-state index in [0.29, 0.717) is 13.2 Å². The van der Waals surface area contributed by atoms with Crippen molar-refractivity contribution in [1.29, 1.82) is 0 Å². The number of carbonyl (C=O) groups is 1. The number of pyridine rings is 1. The molecule has 0 aromatic carbocycles. The molecular formula is C19H32BrNO2. The Labute approximate surface area is 152 Å². The van der Waals surface area contributed by atoms with E-state index in [9.17, 15) is 4.79 Å². The zero-order valence-electron chi connectivity index (χ0n) is 14.5. The van der Waals surface area contributed by atoms with Crippen LogP contribution in [0.25, 0.3) is 0 Å². The zero-order chi connectivity index (χ0) is 15.9. The van der Waals surface area contributed by atoms with Crippen LogP contribution in [0.2, 0.25) is 0 Å².